The fraction of sp³-hybridized carbons (Fsp3) is 0.550. The largest absolute Gasteiger partial charge is 0.419 e. The molecule has 6 heteroatoms. The Hall–Kier alpha value is -2.21. The van der Waals surface area contributed by atoms with Crippen molar-refractivity contribution < 1.29 is 9.21 Å². The molecule has 0 radical (unpaired) electrons. The molecule has 3 rings (SSSR count). The van der Waals surface area contributed by atoms with Gasteiger partial charge in [0.1, 0.15) is 0 Å². The minimum Gasteiger partial charge on any atom is -0.419 e. The van der Waals surface area contributed by atoms with Crippen molar-refractivity contribution in [3.63, 3.8) is 0 Å². The highest BCUT2D eigenvalue weighted by atomic mass is 16.4. The van der Waals surface area contributed by atoms with Gasteiger partial charge in [-0.05, 0) is 57.8 Å². The van der Waals surface area contributed by atoms with Gasteiger partial charge in [0.05, 0.1) is 6.54 Å². The molecule has 0 bridgehead atoms. The predicted octanol–water partition coefficient (Wildman–Crippen LogP) is 3.21. The van der Waals surface area contributed by atoms with Gasteiger partial charge in [-0.15, -0.1) is 10.2 Å². The Morgan fingerprint density at radius 2 is 1.92 bits per heavy atom. The quantitative estimate of drug-likeness (QED) is 0.795. The van der Waals surface area contributed by atoms with Crippen LogP contribution in [0.15, 0.2) is 34.7 Å². The topological polar surface area (TPSA) is 62.5 Å². The smallest absolute Gasteiger partial charge is 0.247 e. The second-order valence-electron chi connectivity index (χ2n) is 7.39. The van der Waals surface area contributed by atoms with Gasteiger partial charge < -0.3 is 14.2 Å². The lowest BCUT2D eigenvalue weighted by Crippen LogP contribution is -2.39. The zero-order chi connectivity index (χ0) is 18.5. The van der Waals surface area contributed by atoms with E-state index in [1.165, 1.54) is 0 Å². The zero-order valence-electron chi connectivity index (χ0n) is 15.9. The van der Waals surface area contributed by atoms with E-state index < -0.39 is 0 Å². The molecule has 140 valence electrons. The van der Waals surface area contributed by atoms with Crippen LogP contribution in [0, 0.1) is 5.92 Å². The van der Waals surface area contributed by atoms with Gasteiger partial charge in [0.15, 0.2) is 0 Å². The minimum absolute atomic E-state index is 0.146. The van der Waals surface area contributed by atoms with E-state index in [9.17, 15) is 4.79 Å². The first-order valence-electron chi connectivity index (χ1n) is 9.38. The summed E-state index contributed by atoms with van der Waals surface area (Å²) in [6.45, 7) is 6.98. The summed E-state index contributed by atoms with van der Waals surface area (Å²) in [7, 11) is 1.80. The number of hydrogen-bond acceptors (Lipinski definition) is 5. The molecule has 1 saturated heterocycles. The number of nitrogens with zero attached hydrogens (tertiary/aromatic N) is 4. The van der Waals surface area contributed by atoms with Crippen LogP contribution < -0.4 is 0 Å². The molecule has 6 nitrogen and oxygen atoms in total. The van der Waals surface area contributed by atoms with Gasteiger partial charge in [0.25, 0.3) is 0 Å². The summed E-state index contributed by atoms with van der Waals surface area (Å²) in [5.74, 6) is 1.58. The molecule has 1 aromatic carbocycles. The Morgan fingerprint density at radius 3 is 2.58 bits per heavy atom. The maximum absolute atomic E-state index is 12.5. The molecule has 0 unspecified atom stereocenters. The van der Waals surface area contributed by atoms with Crippen molar-refractivity contribution in [2.45, 2.75) is 45.7 Å². The first kappa shape index (κ1) is 18.6. The van der Waals surface area contributed by atoms with Crippen LogP contribution in [0.25, 0.3) is 11.5 Å². The molecule has 0 aliphatic carbocycles. The zero-order valence-corrected chi connectivity index (χ0v) is 15.9. The average molecular weight is 356 g/mol. The van der Waals surface area contributed by atoms with Crippen LogP contribution in [0.2, 0.25) is 0 Å². The third-order valence-corrected chi connectivity index (χ3v) is 5.13. The lowest BCUT2D eigenvalue weighted by molar-refractivity contribution is -0.132. The van der Waals surface area contributed by atoms with Crippen molar-refractivity contribution in [2.75, 3.05) is 20.1 Å². The van der Waals surface area contributed by atoms with Crippen LogP contribution in [0.5, 0.6) is 0 Å². The van der Waals surface area contributed by atoms with E-state index in [1.807, 2.05) is 30.3 Å². The SMILES string of the molecule is CC(C)N1CCC(CC(=O)N(C)Cc2nnc(-c3ccccc3)o2)CC1. The number of aromatic nitrogens is 2. The van der Waals surface area contributed by atoms with Crippen molar-refractivity contribution in [3.8, 4) is 11.5 Å². The monoisotopic (exact) mass is 356 g/mol. The number of amides is 1. The molecule has 26 heavy (non-hydrogen) atoms. The summed E-state index contributed by atoms with van der Waals surface area (Å²) in [6.07, 6.45) is 2.79. The summed E-state index contributed by atoms with van der Waals surface area (Å²) in [6, 6.07) is 10.2. The third-order valence-electron chi connectivity index (χ3n) is 5.13. The summed E-state index contributed by atoms with van der Waals surface area (Å²) in [5, 5.41) is 8.15. The predicted molar refractivity (Wildman–Crippen MR) is 100 cm³/mol. The molecule has 1 aliphatic heterocycles. The third kappa shape index (κ3) is 4.69. The number of piperidine rings is 1. The summed E-state index contributed by atoms with van der Waals surface area (Å²) in [5.41, 5.74) is 0.886. The van der Waals surface area contributed by atoms with E-state index in [0.29, 0.717) is 36.7 Å². The Morgan fingerprint density at radius 1 is 1.23 bits per heavy atom. The average Bonchev–Trinajstić information content (AvgIpc) is 3.11. The van der Waals surface area contributed by atoms with Crippen molar-refractivity contribution in [2.24, 2.45) is 5.92 Å². The maximum atomic E-state index is 12.5. The lowest BCUT2D eigenvalue weighted by atomic mass is 9.92. The highest BCUT2D eigenvalue weighted by molar-refractivity contribution is 5.76. The Bertz CT molecular complexity index is 706. The first-order valence-corrected chi connectivity index (χ1v) is 9.38. The molecule has 1 fully saturated rings. The van der Waals surface area contributed by atoms with E-state index in [1.54, 1.807) is 11.9 Å². The number of rotatable bonds is 6. The van der Waals surface area contributed by atoms with Crippen LogP contribution >= 0.6 is 0 Å². The van der Waals surface area contributed by atoms with Crippen LogP contribution in [0.4, 0.5) is 0 Å². The van der Waals surface area contributed by atoms with Crippen molar-refractivity contribution in [1.82, 2.24) is 20.0 Å². The summed E-state index contributed by atoms with van der Waals surface area (Å²) < 4.78 is 5.70. The second-order valence-corrected chi connectivity index (χ2v) is 7.39. The van der Waals surface area contributed by atoms with Crippen molar-refractivity contribution in [3.05, 3.63) is 36.2 Å². The maximum Gasteiger partial charge on any atom is 0.247 e. The Kier molecular flexibility index (Phi) is 6.04. The highest BCUT2D eigenvalue weighted by Crippen LogP contribution is 2.23. The number of carbonyl (C=O) groups excluding carboxylic acids is 1. The van der Waals surface area contributed by atoms with Crippen molar-refractivity contribution >= 4 is 5.91 Å². The summed E-state index contributed by atoms with van der Waals surface area (Å²) >= 11 is 0. The van der Waals surface area contributed by atoms with Crippen LogP contribution in [0.3, 0.4) is 0 Å². The molecule has 0 atom stereocenters. The van der Waals surface area contributed by atoms with E-state index in [-0.39, 0.29) is 5.91 Å². The number of carbonyl (C=O) groups is 1. The molecular formula is C20H28N4O2. The Balaban J connectivity index is 1.50. The van der Waals surface area contributed by atoms with Gasteiger partial charge in [-0.2, -0.15) is 0 Å². The van der Waals surface area contributed by atoms with Crippen LogP contribution in [-0.4, -0.2) is 52.1 Å². The molecule has 0 N–H and O–H groups in total. The molecule has 0 saturated carbocycles. The van der Waals surface area contributed by atoms with Gasteiger partial charge in [0, 0.05) is 25.1 Å². The van der Waals surface area contributed by atoms with Crippen molar-refractivity contribution in [1.29, 1.82) is 0 Å². The van der Waals surface area contributed by atoms with Gasteiger partial charge in [-0.25, -0.2) is 0 Å². The minimum atomic E-state index is 0.146. The van der Waals surface area contributed by atoms with E-state index in [0.717, 1.165) is 31.5 Å². The fourth-order valence-corrected chi connectivity index (χ4v) is 3.38. The molecule has 1 aliphatic rings. The van der Waals surface area contributed by atoms with E-state index in [2.05, 4.69) is 28.9 Å². The van der Waals surface area contributed by atoms with Gasteiger partial charge >= 0.3 is 0 Å². The standard InChI is InChI=1S/C20H28N4O2/c1-15(2)24-11-9-16(10-12-24)13-19(25)23(3)14-18-21-22-20(26-18)17-7-5-4-6-8-17/h4-8,15-16H,9-14H2,1-3H3. The normalized spacial score (nSPS) is 16.2. The molecule has 2 heterocycles. The fourth-order valence-electron chi connectivity index (χ4n) is 3.38. The number of likely N-dealkylation sites (tertiary alicyclic amines) is 1. The summed E-state index contributed by atoms with van der Waals surface area (Å²) in [4.78, 5) is 16.7. The first-order chi connectivity index (χ1) is 12.5. The molecular weight excluding hydrogens is 328 g/mol. The number of benzene rings is 1. The van der Waals surface area contributed by atoms with E-state index in [4.69, 9.17) is 4.42 Å². The van der Waals surface area contributed by atoms with Gasteiger partial charge in [-0.3, -0.25) is 4.79 Å². The van der Waals surface area contributed by atoms with Crippen LogP contribution in [-0.2, 0) is 11.3 Å². The van der Waals surface area contributed by atoms with Crippen LogP contribution in [0.1, 0.15) is 39.0 Å². The van der Waals surface area contributed by atoms with Gasteiger partial charge in [0.2, 0.25) is 17.7 Å². The second kappa shape index (κ2) is 8.45. The molecule has 0 spiro atoms. The molecule has 1 amide bonds. The number of hydrogen-bond donors (Lipinski definition) is 0. The molecule has 2 aromatic rings. The molecule has 1 aromatic heterocycles. The van der Waals surface area contributed by atoms with E-state index >= 15 is 0 Å². The highest BCUT2D eigenvalue weighted by Gasteiger charge is 2.24. The lowest BCUT2D eigenvalue weighted by Gasteiger charge is -2.34. The Labute approximate surface area is 155 Å². The van der Waals surface area contributed by atoms with Gasteiger partial charge in [-0.1, -0.05) is 18.2 Å².